The Balaban J connectivity index is 1.56. The number of rotatable bonds is 4. The largest absolute Gasteiger partial charge is 0.340 e. The molecule has 0 bridgehead atoms. The molecule has 0 saturated carbocycles. The predicted octanol–water partition coefficient (Wildman–Crippen LogP) is 3.93. The number of amides is 1. The SMILES string of the molecule is CC(c1cccc(F)c1)N1CCN(C(=O)Cc2ccccc2Cl)CC1. The second-order valence-electron chi connectivity index (χ2n) is 6.42. The van der Waals surface area contributed by atoms with Gasteiger partial charge in [-0.1, -0.05) is 41.9 Å². The highest BCUT2D eigenvalue weighted by molar-refractivity contribution is 6.31. The number of nitrogens with zero attached hydrogens (tertiary/aromatic N) is 2. The maximum atomic E-state index is 13.4. The highest BCUT2D eigenvalue weighted by Gasteiger charge is 2.25. The van der Waals surface area contributed by atoms with Crippen LogP contribution in [0, 0.1) is 5.82 Å². The van der Waals surface area contributed by atoms with Gasteiger partial charge >= 0.3 is 0 Å². The van der Waals surface area contributed by atoms with Gasteiger partial charge in [-0.25, -0.2) is 4.39 Å². The van der Waals surface area contributed by atoms with Gasteiger partial charge in [0, 0.05) is 37.2 Å². The molecule has 1 aliphatic heterocycles. The highest BCUT2D eigenvalue weighted by atomic mass is 35.5. The lowest BCUT2D eigenvalue weighted by atomic mass is 10.1. The van der Waals surface area contributed by atoms with E-state index < -0.39 is 0 Å². The Bertz CT molecular complexity index is 744. The van der Waals surface area contributed by atoms with Crippen LogP contribution in [0.25, 0.3) is 0 Å². The maximum absolute atomic E-state index is 13.4. The van der Waals surface area contributed by atoms with Gasteiger partial charge in [-0.15, -0.1) is 0 Å². The number of piperazine rings is 1. The number of halogens is 2. The van der Waals surface area contributed by atoms with Crippen LogP contribution in [0.5, 0.6) is 0 Å². The predicted molar refractivity (Wildman–Crippen MR) is 98.1 cm³/mol. The summed E-state index contributed by atoms with van der Waals surface area (Å²) in [5.74, 6) is -0.107. The van der Waals surface area contributed by atoms with Crippen molar-refractivity contribution in [3.63, 3.8) is 0 Å². The minimum atomic E-state index is -0.210. The lowest BCUT2D eigenvalue weighted by Crippen LogP contribution is -2.49. The Morgan fingerprint density at radius 2 is 1.84 bits per heavy atom. The second-order valence-corrected chi connectivity index (χ2v) is 6.82. The fourth-order valence-electron chi connectivity index (χ4n) is 3.25. The van der Waals surface area contributed by atoms with Gasteiger partial charge in [0.05, 0.1) is 6.42 Å². The zero-order chi connectivity index (χ0) is 17.8. The minimum absolute atomic E-state index is 0.103. The molecule has 1 fully saturated rings. The number of carbonyl (C=O) groups excluding carboxylic acids is 1. The Morgan fingerprint density at radius 3 is 2.52 bits per heavy atom. The average Bonchev–Trinajstić information content (AvgIpc) is 2.63. The van der Waals surface area contributed by atoms with Gasteiger partial charge < -0.3 is 4.90 Å². The number of carbonyl (C=O) groups is 1. The van der Waals surface area contributed by atoms with Crippen LogP contribution in [-0.2, 0) is 11.2 Å². The molecule has 5 heteroatoms. The fourth-order valence-corrected chi connectivity index (χ4v) is 3.45. The van der Waals surface area contributed by atoms with Crippen LogP contribution in [0.15, 0.2) is 48.5 Å². The zero-order valence-corrected chi connectivity index (χ0v) is 15.0. The van der Waals surface area contributed by atoms with Gasteiger partial charge in [0.15, 0.2) is 0 Å². The average molecular weight is 361 g/mol. The Hall–Kier alpha value is -1.91. The van der Waals surface area contributed by atoms with Crippen molar-refractivity contribution in [2.75, 3.05) is 26.2 Å². The van der Waals surface area contributed by atoms with Gasteiger partial charge in [0.25, 0.3) is 0 Å². The van der Waals surface area contributed by atoms with Crippen molar-refractivity contribution >= 4 is 17.5 Å². The minimum Gasteiger partial charge on any atom is -0.340 e. The number of hydrogen-bond acceptors (Lipinski definition) is 2. The summed E-state index contributed by atoms with van der Waals surface area (Å²) in [6.07, 6.45) is 0.332. The molecule has 25 heavy (non-hydrogen) atoms. The summed E-state index contributed by atoms with van der Waals surface area (Å²) in [6.45, 7) is 5.01. The van der Waals surface area contributed by atoms with E-state index in [1.165, 1.54) is 6.07 Å². The molecule has 0 aliphatic carbocycles. The normalized spacial score (nSPS) is 16.7. The molecular weight excluding hydrogens is 339 g/mol. The van der Waals surface area contributed by atoms with Crippen molar-refractivity contribution in [3.8, 4) is 0 Å². The third kappa shape index (κ3) is 4.39. The van der Waals surface area contributed by atoms with Crippen molar-refractivity contribution in [3.05, 3.63) is 70.5 Å². The molecule has 1 amide bonds. The lowest BCUT2D eigenvalue weighted by Gasteiger charge is -2.38. The van der Waals surface area contributed by atoms with E-state index in [0.717, 1.165) is 24.2 Å². The molecule has 132 valence electrons. The summed E-state index contributed by atoms with van der Waals surface area (Å²) in [4.78, 5) is 16.7. The molecule has 0 spiro atoms. The molecular formula is C20H22ClFN2O. The number of benzene rings is 2. The first-order chi connectivity index (χ1) is 12.0. The highest BCUT2D eigenvalue weighted by Crippen LogP contribution is 2.23. The van der Waals surface area contributed by atoms with Crippen molar-refractivity contribution in [1.29, 1.82) is 0 Å². The first kappa shape index (κ1) is 17.9. The first-order valence-corrected chi connectivity index (χ1v) is 8.93. The van der Waals surface area contributed by atoms with Gasteiger partial charge in [-0.3, -0.25) is 9.69 Å². The molecule has 2 aromatic carbocycles. The van der Waals surface area contributed by atoms with E-state index in [2.05, 4.69) is 11.8 Å². The number of hydrogen-bond donors (Lipinski definition) is 0. The van der Waals surface area contributed by atoms with Crippen molar-refractivity contribution in [2.24, 2.45) is 0 Å². The standard InChI is InChI=1S/C20H22ClFN2O/c1-15(16-6-4-7-18(22)13-16)23-9-11-24(12-10-23)20(25)14-17-5-2-3-8-19(17)21/h2-8,13,15H,9-12,14H2,1H3. The van der Waals surface area contributed by atoms with Gasteiger partial charge in [-0.2, -0.15) is 0 Å². The van der Waals surface area contributed by atoms with E-state index in [4.69, 9.17) is 11.6 Å². The Labute approximate surface area is 153 Å². The van der Waals surface area contributed by atoms with Crippen molar-refractivity contribution in [2.45, 2.75) is 19.4 Å². The molecule has 1 aliphatic rings. The molecule has 3 nitrogen and oxygen atoms in total. The molecule has 1 heterocycles. The van der Waals surface area contributed by atoms with Gasteiger partial charge in [-0.05, 0) is 36.2 Å². The summed E-state index contributed by atoms with van der Waals surface area (Å²) in [5, 5.41) is 0.634. The first-order valence-electron chi connectivity index (χ1n) is 8.55. The molecule has 3 rings (SSSR count). The van der Waals surface area contributed by atoms with Crippen LogP contribution >= 0.6 is 11.6 Å². The summed E-state index contributed by atoms with van der Waals surface area (Å²) < 4.78 is 13.4. The molecule has 1 unspecified atom stereocenters. The van der Waals surface area contributed by atoms with Crippen LogP contribution < -0.4 is 0 Å². The van der Waals surface area contributed by atoms with Crippen molar-refractivity contribution in [1.82, 2.24) is 9.80 Å². The van der Waals surface area contributed by atoms with Crippen LogP contribution in [0.4, 0.5) is 4.39 Å². The monoisotopic (exact) mass is 360 g/mol. The maximum Gasteiger partial charge on any atom is 0.227 e. The topological polar surface area (TPSA) is 23.6 Å². The molecule has 0 N–H and O–H groups in total. The van der Waals surface area contributed by atoms with Crippen LogP contribution in [-0.4, -0.2) is 41.9 Å². The van der Waals surface area contributed by atoms with E-state index in [9.17, 15) is 9.18 Å². The smallest absolute Gasteiger partial charge is 0.227 e. The third-order valence-electron chi connectivity index (χ3n) is 4.85. The summed E-state index contributed by atoms with van der Waals surface area (Å²) in [6, 6.07) is 14.3. The van der Waals surface area contributed by atoms with Crippen LogP contribution in [0.3, 0.4) is 0 Å². The summed E-state index contributed by atoms with van der Waals surface area (Å²) in [5.41, 5.74) is 1.83. The van der Waals surface area contributed by atoms with Gasteiger partial charge in [0.2, 0.25) is 5.91 Å². The Morgan fingerprint density at radius 1 is 1.12 bits per heavy atom. The molecule has 2 aromatic rings. The summed E-state index contributed by atoms with van der Waals surface area (Å²) >= 11 is 6.14. The lowest BCUT2D eigenvalue weighted by molar-refractivity contribution is -0.132. The van der Waals surface area contributed by atoms with Crippen LogP contribution in [0.2, 0.25) is 5.02 Å². The van der Waals surface area contributed by atoms with E-state index in [1.54, 1.807) is 12.1 Å². The van der Waals surface area contributed by atoms with E-state index in [-0.39, 0.29) is 17.8 Å². The summed E-state index contributed by atoms with van der Waals surface area (Å²) in [7, 11) is 0. The molecule has 0 aromatic heterocycles. The van der Waals surface area contributed by atoms with Gasteiger partial charge in [0.1, 0.15) is 5.82 Å². The van der Waals surface area contributed by atoms with Crippen LogP contribution in [0.1, 0.15) is 24.1 Å². The van der Waals surface area contributed by atoms with E-state index in [0.29, 0.717) is 24.5 Å². The zero-order valence-electron chi connectivity index (χ0n) is 14.3. The second kappa shape index (κ2) is 7.98. The third-order valence-corrected chi connectivity index (χ3v) is 5.21. The molecule has 1 saturated heterocycles. The Kier molecular flexibility index (Phi) is 5.71. The molecule has 0 radical (unpaired) electrons. The quantitative estimate of drug-likeness (QED) is 0.824. The van der Waals surface area contributed by atoms with Crippen molar-refractivity contribution < 1.29 is 9.18 Å². The van der Waals surface area contributed by atoms with E-state index in [1.807, 2.05) is 35.2 Å². The fraction of sp³-hybridized carbons (Fsp3) is 0.350. The molecule has 1 atom stereocenters. The van der Waals surface area contributed by atoms with E-state index >= 15 is 0 Å².